The summed E-state index contributed by atoms with van der Waals surface area (Å²) in [6.45, 7) is 0. The van der Waals surface area contributed by atoms with E-state index < -0.39 is 0 Å². The van der Waals surface area contributed by atoms with Crippen LogP contribution in [0.5, 0.6) is 5.75 Å². The van der Waals surface area contributed by atoms with Crippen molar-refractivity contribution in [3.05, 3.63) is 29.8 Å². The molecular weight excluding hydrogens is 184 g/mol. The summed E-state index contributed by atoms with van der Waals surface area (Å²) in [6, 6.07) is 5.89. The minimum absolute atomic E-state index is 0.221. The maximum Gasteiger partial charge on any atom is 0.162 e. The van der Waals surface area contributed by atoms with Gasteiger partial charge in [0.1, 0.15) is 11.8 Å². The molecule has 1 aromatic carbocycles. The molecule has 0 atom stereocenters. The Morgan fingerprint density at radius 3 is 3.08 bits per heavy atom. The van der Waals surface area contributed by atoms with Gasteiger partial charge in [-0.1, -0.05) is 0 Å². The summed E-state index contributed by atoms with van der Waals surface area (Å²) in [7, 11) is 0. The number of hydrogen-bond acceptors (Lipinski definition) is 3. The lowest BCUT2D eigenvalue weighted by Crippen LogP contribution is -1.65. The maximum atomic E-state index is 9.54. The Bertz CT molecular complexity index is 577. The molecule has 2 nitrogen and oxygen atoms in total. The van der Waals surface area contributed by atoms with E-state index in [1.54, 1.807) is 11.3 Å². The highest BCUT2D eigenvalue weighted by Gasteiger charge is 2.08. The van der Waals surface area contributed by atoms with E-state index in [1.165, 1.54) is 11.0 Å². The molecule has 0 bridgehead atoms. The Labute approximate surface area is 78.0 Å². The van der Waals surface area contributed by atoms with E-state index in [0.717, 1.165) is 16.4 Å². The van der Waals surface area contributed by atoms with Gasteiger partial charge in [0, 0.05) is 10.1 Å². The fraction of sp³-hybridized carbons (Fsp3) is 0. The van der Waals surface area contributed by atoms with Crippen LogP contribution in [0.25, 0.3) is 21.1 Å². The number of hydrogen-bond donors (Lipinski definition) is 1. The molecule has 3 heteroatoms. The van der Waals surface area contributed by atoms with Gasteiger partial charge in [-0.05, 0) is 23.6 Å². The molecule has 2 heterocycles. The van der Waals surface area contributed by atoms with Crippen LogP contribution < -0.4 is 0 Å². The quantitative estimate of drug-likeness (QED) is 0.589. The van der Waals surface area contributed by atoms with Crippen molar-refractivity contribution in [1.82, 2.24) is 0 Å². The predicted octanol–water partition coefficient (Wildman–Crippen LogP) is 3.35. The molecule has 0 radical (unpaired) electrons. The molecule has 0 aliphatic carbocycles. The molecule has 0 amide bonds. The number of aromatic hydroxyl groups is 1. The Balaban J connectivity index is 2.70. The standard InChI is InChI=1S/C10H6O2S/c11-7-5-12-8-1-2-9-6(10(7)8)3-4-13-9/h1-5,11H. The van der Waals surface area contributed by atoms with Gasteiger partial charge in [-0.2, -0.15) is 0 Å². The molecule has 0 spiro atoms. The van der Waals surface area contributed by atoms with Gasteiger partial charge in [-0.15, -0.1) is 11.3 Å². The fourth-order valence-electron chi connectivity index (χ4n) is 1.56. The summed E-state index contributed by atoms with van der Waals surface area (Å²) in [5.74, 6) is 0.221. The van der Waals surface area contributed by atoms with Crippen LogP contribution in [0.4, 0.5) is 0 Å². The highest BCUT2D eigenvalue weighted by molar-refractivity contribution is 7.17. The second-order valence-corrected chi connectivity index (χ2v) is 3.84. The van der Waals surface area contributed by atoms with Gasteiger partial charge in [-0.25, -0.2) is 0 Å². The van der Waals surface area contributed by atoms with Gasteiger partial charge in [-0.3, -0.25) is 0 Å². The van der Waals surface area contributed by atoms with Crippen molar-refractivity contribution in [3.8, 4) is 5.75 Å². The van der Waals surface area contributed by atoms with Crippen LogP contribution in [-0.4, -0.2) is 5.11 Å². The second-order valence-electron chi connectivity index (χ2n) is 2.89. The normalized spacial score (nSPS) is 11.4. The summed E-state index contributed by atoms with van der Waals surface area (Å²) >= 11 is 1.66. The minimum Gasteiger partial charge on any atom is -0.504 e. The number of rotatable bonds is 0. The van der Waals surface area contributed by atoms with Crippen molar-refractivity contribution in [2.24, 2.45) is 0 Å². The van der Waals surface area contributed by atoms with Crippen molar-refractivity contribution in [2.45, 2.75) is 0 Å². The molecule has 2 aromatic heterocycles. The smallest absolute Gasteiger partial charge is 0.162 e. The molecular formula is C10H6O2S. The molecule has 0 unspecified atom stereocenters. The summed E-state index contributed by atoms with van der Waals surface area (Å²) < 4.78 is 6.35. The van der Waals surface area contributed by atoms with Crippen LogP contribution in [0.1, 0.15) is 0 Å². The highest BCUT2D eigenvalue weighted by Crippen LogP contribution is 2.35. The Morgan fingerprint density at radius 1 is 1.23 bits per heavy atom. The average Bonchev–Trinajstić information content (AvgIpc) is 2.70. The Kier molecular flexibility index (Phi) is 1.21. The third-order valence-electron chi connectivity index (χ3n) is 2.15. The monoisotopic (exact) mass is 190 g/mol. The van der Waals surface area contributed by atoms with Gasteiger partial charge in [0.25, 0.3) is 0 Å². The van der Waals surface area contributed by atoms with Crippen molar-refractivity contribution in [1.29, 1.82) is 0 Å². The molecule has 64 valence electrons. The molecule has 13 heavy (non-hydrogen) atoms. The molecule has 1 N–H and O–H groups in total. The Hall–Kier alpha value is -1.48. The number of furan rings is 1. The van der Waals surface area contributed by atoms with E-state index in [2.05, 4.69) is 0 Å². The Morgan fingerprint density at radius 2 is 2.15 bits per heavy atom. The van der Waals surface area contributed by atoms with Gasteiger partial charge in [0.05, 0.1) is 5.39 Å². The molecule has 0 saturated heterocycles. The third kappa shape index (κ3) is 0.820. The summed E-state index contributed by atoms with van der Waals surface area (Å²) in [5, 5.41) is 13.4. The lowest BCUT2D eigenvalue weighted by Gasteiger charge is -1.91. The van der Waals surface area contributed by atoms with Crippen LogP contribution in [-0.2, 0) is 0 Å². The zero-order valence-corrected chi connectivity index (χ0v) is 7.47. The van der Waals surface area contributed by atoms with Crippen molar-refractivity contribution < 1.29 is 9.52 Å². The molecule has 0 aliphatic rings. The van der Waals surface area contributed by atoms with Crippen LogP contribution >= 0.6 is 11.3 Å². The first-order chi connectivity index (χ1) is 6.36. The van der Waals surface area contributed by atoms with E-state index in [9.17, 15) is 5.11 Å². The van der Waals surface area contributed by atoms with Crippen LogP contribution in [0.15, 0.2) is 34.3 Å². The predicted molar refractivity (Wildman–Crippen MR) is 53.3 cm³/mol. The van der Waals surface area contributed by atoms with Crippen molar-refractivity contribution >= 4 is 32.4 Å². The topological polar surface area (TPSA) is 33.4 Å². The molecule has 0 saturated carbocycles. The first-order valence-electron chi connectivity index (χ1n) is 3.92. The molecule has 0 fully saturated rings. The molecule has 3 aromatic rings. The SMILES string of the molecule is Oc1coc2ccc3sccc3c12. The largest absolute Gasteiger partial charge is 0.504 e. The number of fused-ring (bicyclic) bond motifs is 3. The number of thiophene rings is 1. The summed E-state index contributed by atoms with van der Waals surface area (Å²) in [5.41, 5.74) is 0.739. The van der Waals surface area contributed by atoms with Gasteiger partial charge < -0.3 is 9.52 Å². The summed E-state index contributed by atoms with van der Waals surface area (Å²) in [4.78, 5) is 0. The van der Waals surface area contributed by atoms with Crippen LogP contribution in [0, 0.1) is 0 Å². The van der Waals surface area contributed by atoms with Crippen molar-refractivity contribution in [3.63, 3.8) is 0 Å². The summed E-state index contributed by atoms with van der Waals surface area (Å²) in [6.07, 6.45) is 1.38. The lowest BCUT2D eigenvalue weighted by atomic mass is 10.2. The minimum atomic E-state index is 0.221. The van der Waals surface area contributed by atoms with Gasteiger partial charge in [0.15, 0.2) is 5.75 Å². The van der Waals surface area contributed by atoms with Crippen molar-refractivity contribution in [2.75, 3.05) is 0 Å². The average molecular weight is 190 g/mol. The zero-order valence-electron chi connectivity index (χ0n) is 6.65. The molecule has 3 rings (SSSR count). The first-order valence-corrected chi connectivity index (χ1v) is 4.80. The van der Waals surface area contributed by atoms with Crippen LogP contribution in [0.2, 0.25) is 0 Å². The van der Waals surface area contributed by atoms with E-state index in [4.69, 9.17) is 4.42 Å². The first kappa shape index (κ1) is 6.97. The van der Waals surface area contributed by atoms with Gasteiger partial charge >= 0.3 is 0 Å². The van der Waals surface area contributed by atoms with E-state index >= 15 is 0 Å². The van der Waals surface area contributed by atoms with Gasteiger partial charge in [0.2, 0.25) is 0 Å². The maximum absolute atomic E-state index is 9.54. The van der Waals surface area contributed by atoms with E-state index in [1.807, 2.05) is 23.6 Å². The second kappa shape index (κ2) is 2.26. The highest BCUT2D eigenvalue weighted by atomic mass is 32.1. The third-order valence-corrected chi connectivity index (χ3v) is 3.03. The lowest BCUT2D eigenvalue weighted by molar-refractivity contribution is 0.464. The fourth-order valence-corrected chi connectivity index (χ4v) is 2.36. The number of benzene rings is 1. The van der Waals surface area contributed by atoms with E-state index in [-0.39, 0.29) is 5.75 Å². The zero-order chi connectivity index (χ0) is 8.84. The molecule has 0 aliphatic heterocycles. The van der Waals surface area contributed by atoms with Crippen LogP contribution in [0.3, 0.4) is 0 Å². The van der Waals surface area contributed by atoms with E-state index in [0.29, 0.717) is 0 Å².